The van der Waals surface area contributed by atoms with Gasteiger partial charge in [0.15, 0.2) is 16.6 Å². The molecule has 0 aromatic rings. The highest BCUT2D eigenvalue weighted by Gasteiger charge is 2.57. The van der Waals surface area contributed by atoms with Crippen LogP contribution in [0, 0.1) is 29.6 Å². The molecule has 3 rings (SSSR count). The molecule has 17 heteroatoms. The van der Waals surface area contributed by atoms with Gasteiger partial charge in [0, 0.05) is 51.9 Å². The topological polar surface area (TPSA) is 191 Å². The van der Waals surface area contributed by atoms with E-state index in [0.717, 1.165) is 30.4 Å². The zero-order valence-corrected chi connectivity index (χ0v) is 51.7. The maximum absolute atomic E-state index is 14.8. The summed E-state index contributed by atoms with van der Waals surface area (Å²) >= 11 is 0. The first-order valence-corrected chi connectivity index (χ1v) is 33.6. The maximum Gasteiger partial charge on any atom is 0.378 e. The Kier molecular flexibility index (Phi) is 25.1. The summed E-state index contributed by atoms with van der Waals surface area (Å²) in [7, 11) is 0.265. The molecule has 0 spiro atoms. The lowest BCUT2D eigenvalue weighted by Crippen LogP contribution is -2.63. The zero-order chi connectivity index (χ0) is 57.0. The van der Waals surface area contributed by atoms with Gasteiger partial charge in [0.2, 0.25) is 11.7 Å². The molecule has 14 atom stereocenters. The Balaban J connectivity index is 1.97. The van der Waals surface area contributed by atoms with Crippen molar-refractivity contribution in [3.05, 3.63) is 36.0 Å². The van der Waals surface area contributed by atoms with Gasteiger partial charge in [0.25, 0.3) is 5.78 Å². The molecule has 1 amide bonds. The summed E-state index contributed by atoms with van der Waals surface area (Å²) in [5.41, 5.74) is 1.88. The quantitative estimate of drug-likeness (QED) is 0.0325. The van der Waals surface area contributed by atoms with Crippen LogP contribution < -0.4 is 5.32 Å². The number of carboxylic acid groups (broad SMARTS) is 1. The molecule has 0 aromatic carbocycles. The van der Waals surface area contributed by atoms with E-state index in [4.69, 9.17) is 37.3 Å². The predicted molar refractivity (Wildman–Crippen MR) is 298 cm³/mol. The fraction of sp³-hybridized carbons (Fsp3) is 0.810. The molecule has 0 radical (unpaired) electrons. The lowest BCUT2D eigenvalue weighted by molar-refractivity contribution is -0.316. The molecule has 430 valence electrons. The monoisotopic (exact) mass is 1090 g/mol. The molecule has 3 aliphatic rings. The number of esters is 1. The molecular formula is C58H101NO14Si2. The van der Waals surface area contributed by atoms with Gasteiger partial charge in [-0.15, -0.1) is 6.58 Å². The molecule has 0 bridgehead atoms. The zero-order valence-electron chi connectivity index (χ0n) is 49.7. The average molecular weight is 1090 g/mol. The average Bonchev–Trinajstić information content (AvgIpc) is 3.32. The molecule has 3 fully saturated rings. The first-order valence-electron chi connectivity index (χ1n) is 27.7. The third-order valence-electron chi connectivity index (χ3n) is 17.2. The number of carbonyl (C=O) groups excluding carboxylic acids is 4. The number of amides is 1. The second-order valence-electron chi connectivity index (χ2n) is 25.2. The molecule has 15 nitrogen and oxygen atoms in total. The number of rotatable bonds is 28. The molecule has 2 aliphatic heterocycles. The first-order chi connectivity index (χ1) is 34.7. The Morgan fingerprint density at radius 3 is 2.07 bits per heavy atom. The van der Waals surface area contributed by atoms with Crippen LogP contribution in [0.3, 0.4) is 0 Å². The Hall–Kier alpha value is -2.88. The van der Waals surface area contributed by atoms with Crippen molar-refractivity contribution in [3.8, 4) is 0 Å². The van der Waals surface area contributed by atoms with Gasteiger partial charge in [-0.05, 0) is 125 Å². The lowest BCUT2D eigenvalue weighted by atomic mass is 9.81. The van der Waals surface area contributed by atoms with Gasteiger partial charge in [0.1, 0.15) is 24.0 Å². The van der Waals surface area contributed by atoms with Crippen LogP contribution in [0.15, 0.2) is 36.0 Å². The minimum atomic E-state index is -2.53. The number of ketones is 2. The second kappa shape index (κ2) is 28.3. The number of nitrogens with one attached hydrogen (secondary N) is 1. The van der Waals surface area contributed by atoms with Gasteiger partial charge in [-0.25, -0.2) is 9.59 Å². The predicted octanol–water partition coefficient (Wildman–Crippen LogP) is 11.1. The van der Waals surface area contributed by atoms with Crippen LogP contribution >= 0.6 is 0 Å². The van der Waals surface area contributed by atoms with Crippen molar-refractivity contribution in [2.45, 2.75) is 245 Å². The first kappa shape index (κ1) is 66.4. The number of aliphatic carboxylic acids is 1. The standard InChI is InChI=1S/C58H101NO14Si2/c1-21-28-69-58(53(62)54(63)64)39(6)33-49(68-16)52(71-58)48(67-15)31-37(4)29-36(3)30-42(22-2)44(60)35-46(73-75(19,20)57(11,12)13)40(7)51(70-55(65)43-24-23-25-50(61)59-43)38(5)32-41-26-27-45(47(34-41)66-14)72-74(17,18)56(8,9)10/h21,30,32,37,39-43,45-49,51-52H,1,22-29,31,33-35H2,2-20H3,(H,59,61)(H,63,64)/b36-30+,38-32+/t37-,39+,40-,41-,42+,43-,45+,46-,47+,48-,49-,51+,52+,58?/m0/s1. The van der Waals surface area contributed by atoms with Gasteiger partial charge in [-0.2, -0.15) is 0 Å². The molecular weight excluding hydrogens is 991 g/mol. The largest absolute Gasteiger partial charge is 0.475 e. The van der Waals surface area contributed by atoms with E-state index < -0.39 is 94.5 Å². The number of carbonyl (C=O) groups is 5. The van der Waals surface area contributed by atoms with Crippen molar-refractivity contribution in [2.24, 2.45) is 29.6 Å². The normalized spacial score (nSPS) is 28.0. The number of allylic oxidation sites excluding steroid dienone is 3. The number of hydrogen-bond donors (Lipinski definition) is 2. The van der Waals surface area contributed by atoms with E-state index in [1.54, 1.807) is 28.3 Å². The van der Waals surface area contributed by atoms with E-state index in [0.29, 0.717) is 44.9 Å². The van der Waals surface area contributed by atoms with Crippen molar-refractivity contribution in [1.29, 1.82) is 0 Å². The summed E-state index contributed by atoms with van der Waals surface area (Å²) in [6.45, 7) is 37.6. The molecule has 1 unspecified atom stereocenters. The van der Waals surface area contributed by atoms with E-state index in [2.05, 4.69) is 98.7 Å². The van der Waals surface area contributed by atoms with Gasteiger partial charge < -0.3 is 47.7 Å². The van der Waals surface area contributed by atoms with Crippen molar-refractivity contribution in [2.75, 3.05) is 27.9 Å². The Labute approximate surface area is 454 Å². The highest BCUT2D eigenvalue weighted by molar-refractivity contribution is 6.74. The highest BCUT2D eigenvalue weighted by Crippen LogP contribution is 2.44. The van der Waals surface area contributed by atoms with Crippen molar-refractivity contribution >= 4 is 46.0 Å². The summed E-state index contributed by atoms with van der Waals surface area (Å²) in [5.74, 6) is -6.92. The van der Waals surface area contributed by atoms with Crippen molar-refractivity contribution < 1.29 is 66.4 Å². The van der Waals surface area contributed by atoms with Crippen LogP contribution in [0.1, 0.15) is 154 Å². The third kappa shape index (κ3) is 17.8. The number of ether oxygens (including phenoxy) is 6. The van der Waals surface area contributed by atoms with E-state index in [1.165, 1.54) is 6.08 Å². The smallest absolute Gasteiger partial charge is 0.378 e. The summed E-state index contributed by atoms with van der Waals surface area (Å²) < 4.78 is 50.9. The molecule has 1 saturated carbocycles. The number of hydrogen-bond acceptors (Lipinski definition) is 13. The molecule has 2 heterocycles. The Morgan fingerprint density at radius 2 is 1.53 bits per heavy atom. The highest BCUT2D eigenvalue weighted by atomic mass is 28.4. The molecule has 0 aromatic heterocycles. The Morgan fingerprint density at radius 1 is 0.907 bits per heavy atom. The lowest BCUT2D eigenvalue weighted by Gasteiger charge is -2.48. The molecule has 2 saturated heterocycles. The van der Waals surface area contributed by atoms with Gasteiger partial charge in [-0.3, -0.25) is 14.4 Å². The van der Waals surface area contributed by atoms with E-state index >= 15 is 0 Å². The number of Topliss-reactive ketones (excluding diaryl/α,β-unsaturated/α-hetero) is 2. The minimum absolute atomic E-state index is 0.00528. The summed E-state index contributed by atoms with van der Waals surface area (Å²) in [5, 5.41) is 12.6. The maximum atomic E-state index is 14.8. The molecule has 1 aliphatic carbocycles. The summed E-state index contributed by atoms with van der Waals surface area (Å²) in [4.78, 5) is 66.8. The fourth-order valence-corrected chi connectivity index (χ4v) is 13.4. The van der Waals surface area contributed by atoms with Crippen LogP contribution in [-0.4, -0.2) is 134 Å². The van der Waals surface area contributed by atoms with E-state index in [-0.39, 0.29) is 58.8 Å². The van der Waals surface area contributed by atoms with Gasteiger partial charge in [-0.1, -0.05) is 93.0 Å². The van der Waals surface area contributed by atoms with E-state index in [1.807, 2.05) is 27.7 Å². The number of methoxy groups -OCH3 is 3. The SMILES string of the molecule is C=CCOC1(C(=O)C(=O)O)O[C@H]([C@H](C[C@@H](C)C/C(C)=C/[C@@H](CC)C(=O)C[C@H](O[Si](C)(C)C(C)(C)C)[C@H](C)[C@H](OC(=O)[C@@H]2CCCC(=O)N2)/C(C)=C/[C@@H]2CC[C@@H](O[Si](C)(C)C(C)(C)C)[C@H](OC)C2)OC)[C@@H](OC)C[C@H]1C. The van der Waals surface area contributed by atoms with Crippen LogP contribution in [-0.2, 0) is 61.2 Å². The summed E-state index contributed by atoms with van der Waals surface area (Å²) in [6, 6.07) is -0.763. The van der Waals surface area contributed by atoms with Crippen LogP contribution in [0.4, 0.5) is 0 Å². The van der Waals surface area contributed by atoms with E-state index in [9.17, 15) is 29.1 Å². The molecule has 75 heavy (non-hydrogen) atoms. The second-order valence-corrected chi connectivity index (χ2v) is 34.7. The third-order valence-corrected chi connectivity index (χ3v) is 26.2. The minimum Gasteiger partial charge on any atom is -0.475 e. The fourth-order valence-electron chi connectivity index (χ4n) is 10.6. The van der Waals surface area contributed by atoms with Crippen LogP contribution in [0.25, 0.3) is 0 Å². The van der Waals surface area contributed by atoms with Crippen molar-refractivity contribution in [1.82, 2.24) is 5.32 Å². The Bertz CT molecular complexity index is 1990. The number of carboxylic acids is 1. The summed E-state index contributed by atoms with van der Waals surface area (Å²) in [6.07, 6.45) is 8.27. The van der Waals surface area contributed by atoms with Crippen LogP contribution in [0.2, 0.25) is 36.3 Å². The number of piperidine rings is 1. The van der Waals surface area contributed by atoms with Gasteiger partial charge >= 0.3 is 11.9 Å². The van der Waals surface area contributed by atoms with Gasteiger partial charge in [0.05, 0.1) is 37.1 Å². The van der Waals surface area contributed by atoms with Crippen molar-refractivity contribution in [3.63, 3.8) is 0 Å². The van der Waals surface area contributed by atoms with Crippen LogP contribution in [0.5, 0.6) is 0 Å². The molecule has 2 N–H and O–H groups in total.